The summed E-state index contributed by atoms with van der Waals surface area (Å²) in [6.07, 6.45) is 0. The van der Waals surface area contributed by atoms with Gasteiger partial charge in [-0.05, 0) is 46.3 Å². The number of ether oxygens (including phenoxy) is 1. The van der Waals surface area contributed by atoms with Crippen molar-refractivity contribution >= 4 is 53.5 Å². The van der Waals surface area contributed by atoms with Crippen molar-refractivity contribution in [3.05, 3.63) is 55.4 Å². The van der Waals surface area contributed by atoms with Crippen molar-refractivity contribution in [2.24, 2.45) is 0 Å². The van der Waals surface area contributed by atoms with E-state index < -0.39 is 0 Å². The van der Waals surface area contributed by atoms with Crippen LogP contribution in [-0.4, -0.2) is 7.11 Å². The molecule has 100 valence electrons. The second-order valence-electron chi connectivity index (χ2n) is 3.94. The molecule has 0 aliphatic carbocycles. The van der Waals surface area contributed by atoms with Gasteiger partial charge in [-0.1, -0.05) is 37.9 Å². The van der Waals surface area contributed by atoms with Gasteiger partial charge < -0.3 is 10.1 Å². The number of halogens is 3. The highest BCUT2D eigenvalue weighted by molar-refractivity contribution is 9.11. The minimum Gasteiger partial charge on any atom is -0.495 e. The van der Waals surface area contributed by atoms with Gasteiger partial charge in [-0.2, -0.15) is 0 Å². The highest BCUT2D eigenvalue weighted by atomic mass is 79.9. The largest absolute Gasteiger partial charge is 0.495 e. The van der Waals surface area contributed by atoms with E-state index >= 15 is 0 Å². The number of hydrogen-bond donors (Lipinski definition) is 1. The van der Waals surface area contributed by atoms with Crippen LogP contribution < -0.4 is 10.1 Å². The predicted molar refractivity (Wildman–Crippen MR) is 89.9 cm³/mol. The van der Waals surface area contributed by atoms with E-state index in [1.54, 1.807) is 7.11 Å². The Morgan fingerprint density at radius 1 is 1.05 bits per heavy atom. The predicted octanol–water partition coefficient (Wildman–Crippen LogP) is 5.59. The lowest BCUT2D eigenvalue weighted by Crippen LogP contribution is -2.02. The number of anilines is 1. The van der Waals surface area contributed by atoms with Gasteiger partial charge in [0.15, 0.2) is 0 Å². The molecule has 1 N–H and O–H groups in total. The molecule has 0 fully saturated rings. The van der Waals surface area contributed by atoms with Gasteiger partial charge in [0.2, 0.25) is 0 Å². The van der Waals surface area contributed by atoms with Crippen LogP contribution in [0, 0.1) is 0 Å². The van der Waals surface area contributed by atoms with Gasteiger partial charge in [0.05, 0.1) is 11.6 Å². The first-order valence-corrected chi connectivity index (χ1v) is 7.99. The fourth-order valence-electron chi connectivity index (χ4n) is 1.77. The maximum Gasteiger partial charge on any atom is 0.138 e. The molecule has 0 atom stereocenters. The summed E-state index contributed by atoms with van der Waals surface area (Å²) >= 11 is 10.5. The highest BCUT2D eigenvalue weighted by Crippen LogP contribution is 2.33. The minimum absolute atomic E-state index is 0.692. The van der Waals surface area contributed by atoms with Gasteiger partial charge in [0, 0.05) is 26.7 Å². The average molecular weight is 450 g/mol. The van der Waals surface area contributed by atoms with E-state index in [0.717, 1.165) is 30.4 Å². The molecule has 2 nitrogen and oxygen atoms in total. The quantitative estimate of drug-likeness (QED) is 0.656. The van der Waals surface area contributed by atoms with Crippen molar-refractivity contribution in [2.75, 3.05) is 12.4 Å². The van der Waals surface area contributed by atoms with E-state index in [9.17, 15) is 0 Å². The first-order chi connectivity index (χ1) is 9.10. The van der Waals surface area contributed by atoms with E-state index in [1.807, 2.05) is 30.3 Å². The topological polar surface area (TPSA) is 21.3 Å². The smallest absolute Gasteiger partial charge is 0.138 e. The van der Waals surface area contributed by atoms with Crippen LogP contribution in [0.25, 0.3) is 0 Å². The molecule has 0 radical (unpaired) electrons. The van der Waals surface area contributed by atoms with Crippen LogP contribution >= 0.6 is 47.8 Å². The molecule has 0 aromatic heterocycles. The van der Waals surface area contributed by atoms with Gasteiger partial charge in [0.25, 0.3) is 0 Å². The Balaban J connectivity index is 2.19. The van der Waals surface area contributed by atoms with Crippen LogP contribution in [-0.2, 0) is 6.54 Å². The molecule has 19 heavy (non-hydrogen) atoms. The molecule has 2 rings (SSSR count). The lowest BCUT2D eigenvalue weighted by atomic mass is 10.2. The highest BCUT2D eigenvalue weighted by Gasteiger charge is 2.09. The van der Waals surface area contributed by atoms with Crippen molar-refractivity contribution in [2.45, 2.75) is 6.54 Å². The SMILES string of the molecule is COc1c(Br)cc(Br)cc1CNc1cccc(Br)c1. The van der Waals surface area contributed by atoms with E-state index in [-0.39, 0.29) is 0 Å². The van der Waals surface area contributed by atoms with Gasteiger partial charge in [-0.3, -0.25) is 0 Å². The summed E-state index contributed by atoms with van der Waals surface area (Å²) < 4.78 is 8.44. The second kappa shape index (κ2) is 6.77. The molecule has 0 aliphatic rings. The zero-order chi connectivity index (χ0) is 13.8. The van der Waals surface area contributed by atoms with Crippen LogP contribution in [0.3, 0.4) is 0 Å². The molecule has 0 saturated carbocycles. The van der Waals surface area contributed by atoms with E-state index in [2.05, 4.69) is 59.2 Å². The van der Waals surface area contributed by atoms with Crippen molar-refractivity contribution in [1.29, 1.82) is 0 Å². The molecular formula is C14H12Br3NO. The van der Waals surface area contributed by atoms with Gasteiger partial charge in [-0.15, -0.1) is 0 Å². The Labute approximate surface area is 137 Å². The standard InChI is InChI=1S/C14H12Br3NO/c1-19-14-9(5-11(16)7-13(14)17)8-18-12-4-2-3-10(15)6-12/h2-7,18H,8H2,1H3. The molecule has 0 unspecified atom stereocenters. The molecule has 0 bridgehead atoms. The number of methoxy groups -OCH3 is 1. The molecule has 2 aromatic carbocycles. The van der Waals surface area contributed by atoms with Gasteiger partial charge >= 0.3 is 0 Å². The van der Waals surface area contributed by atoms with Crippen LogP contribution in [0.5, 0.6) is 5.75 Å². The van der Waals surface area contributed by atoms with E-state index in [4.69, 9.17) is 4.74 Å². The third-order valence-electron chi connectivity index (χ3n) is 2.60. The van der Waals surface area contributed by atoms with Crippen LogP contribution in [0.1, 0.15) is 5.56 Å². The summed E-state index contributed by atoms with van der Waals surface area (Å²) in [7, 11) is 1.68. The van der Waals surface area contributed by atoms with Gasteiger partial charge in [0.1, 0.15) is 5.75 Å². The normalized spacial score (nSPS) is 10.3. The summed E-state index contributed by atoms with van der Waals surface area (Å²) in [5.41, 5.74) is 2.15. The number of nitrogens with one attached hydrogen (secondary N) is 1. The first-order valence-electron chi connectivity index (χ1n) is 5.61. The van der Waals surface area contributed by atoms with Crippen LogP contribution in [0.4, 0.5) is 5.69 Å². The van der Waals surface area contributed by atoms with E-state index in [1.165, 1.54) is 0 Å². The number of rotatable bonds is 4. The Morgan fingerprint density at radius 2 is 1.84 bits per heavy atom. The third-order valence-corrected chi connectivity index (χ3v) is 4.14. The lowest BCUT2D eigenvalue weighted by molar-refractivity contribution is 0.407. The molecule has 0 aliphatic heterocycles. The van der Waals surface area contributed by atoms with Crippen molar-refractivity contribution < 1.29 is 4.74 Å². The third kappa shape index (κ3) is 3.97. The molecular weight excluding hydrogens is 438 g/mol. The Hall–Kier alpha value is -0.520. The molecule has 0 saturated heterocycles. The molecule has 0 amide bonds. The van der Waals surface area contributed by atoms with Crippen molar-refractivity contribution in [3.8, 4) is 5.75 Å². The fraction of sp³-hybridized carbons (Fsp3) is 0.143. The van der Waals surface area contributed by atoms with Crippen molar-refractivity contribution in [3.63, 3.8) is 0 Å². The first kappa shape index (κ1) is 14.9. The molecule has 0 heterocycles. The zero-order valence-corrected chi connectivity index (χ0v) is 15.0. The summed E-state index contributed by atoms with van der Waals surface area (Å²) in [6, 6.07) is 12.1. The molecule has 0 spiro atoms. The summed E-state index contributed by atoms with van der Waals surface area (Å²) in [5.74, 6) is 0.852. The monoisotopic (exact) mass is 447 g/mol. The summed E-state index contributed by atoms with van der Waals surface area (Å²) in [4.78, 5) is 0. The van der Waals surface area contributed by atoms with Gasteiger partial charge in [-0.25, -0.2) is 0 Å². The minimum atomic E-state index is 0.692. The van der Waals surface area contributed by atoms with E-state index in [0.29, 0.717) is 6.54 Å². The van der Waals surface area contributed by atoms with Crippen LogP contribution in [0.15, 0.2) is 49.8 Å². The second-order valence-corrected chi connectivity index (χ2v) is 6.63. The lowest BCUT2D eigenvalue weighted by Gasteiger charge is -2.13. The number of hydrogen-bond acceptors (Lipinski definition) is 2. The molecule has 2 aromatic rings. The summed E-state index contributed by atoms with van der Waals surface area (Å²) in [6.45, 7) is 0.692. The Bertz CT molecular complexity index is 587. The fourth-order valence-corrected chi connectivity index (χ4v) is 3.64. The maximum atomic E-state index is 5.43. The number of benzene rings is 2. The summed E-state index contributed by atoms with van der Waals surface area (Å²) in [5, 5.41) is 3.38. The molecule has 5 heteroatoms. The van der Waals surface area contributed by atoms with Crippen LogP contribution in [0.2, 0.25) is 0 Å². The Kier molecular flexibility index (Phi) is 5.30. The average Bonchev–Trinajstić information content (AvgIpc) is 2.36. The maximum absolute atomic E-state index is 5.43. The Morgan fingerprint density at radius 3 is 2.53 bits per heavy atom. The zero-order valence-electron chi connectivity index (χ0n) is 10.2. The van der Waals surface area contributed by atoms with Crippen molar-refractivity contribution in [1.82, 2.24) is 0 Å².